The molecule has 1 unspecified atom stereocenters. The van der Waals surface area contributed by atoms with Gasteiger partial charge < -0.3 is 9.73 Å². The molecule has 2 aromatic carbocycles. The Balaban J connectivity index is 1.73. The molecule has 96 valence electrons. The molecule has 3 aromatic rings. The average molecular weight is 251 g/mol. The first-order valence-electron chi connectivity index (χ1n) is 6.59. The Bertz CT molecular complexity index is 658. The van der Waals surface area contributed by atoms with Gasteiger partial charge in [-0.3, -0.25) is 0 Å². The van der Waals surface area contributed by atoms with Crippen LogP contribution in [0.25, 0.3) is 10.8 Å². The van der Waals surface area contributed by atoms with E-state index >= 15 is 0 Å². The lowest BCUT2D eigenvalue weighted by Gasteiger charge is -2.14. The maximum Gasteiger partial charge on any atom is 0.105 e. The van der Waals surface area contributed by atoms with Crippen molar-refractivity contribution >= 4 is 16.5 Å². The van der Waals surface area contributed by atoms with Crippen molar-refractivity contribution in [3.63, 3.8) is 0 Å². The molecule has 2 heteroatoms. The van der Waals surface area contributed by atoms with Crippen LogP contribution < -0.4 is 5.32 Å². The molecule has 0 bridgehead atoms. The number of benzene rings is 2. The Labute approximate surface area is 113 Å². The summed E-state index contributed by atoms with van der Waals surface area (Å²) in [4.78, 5) is 0. The summed E-state index contributed by atoms with van der Waals surface area (Å²) in [6, 6.07) is 19.1. The van der Waals surface area contributed by atoms with Crippen LogP contribution in [0, 0.1) is 0 Å². The predicted molar refractivity (Wildman–Crippen MR) is 79.4 cm³/mol. The number of hydrogen-bond donors (Lipinski definition) is 1. The van der Waals surface area contributed by atoms with Crippen LogP contribution >= 0.6 is 0 Å². The highest BCUT2D eigenvalue weighted by molar-refractivity contribution is 5.85. The maximum atomic E-state index is 5.37. The van der Waals surface area contributed by atoms with Crippen molar-refractivity contribution < 1.29 is 4.42 Å². The van der Waals surface area contributed by atoms with E-state index in [1.807, 2.05) is 12.1 Å². The maximum absolute atomic E-state index is 5.37. The molecule has 0 saturated heterocycles. The van der Waals surface area contributed by atoms with Gasteiger partial charge in [0.1, 0.15) is 5.76 Å². The molecule has 0 spiro atoms. The van der Waals surface area contributed by atoms with Crippen molar-refractivity contribution in [2.24, 2.45) is 0 Å². The lowest BCUT2D eigenvalue weighted by molar-refractivity contribution is 0.498. The number of anilines is 1. The van der Waals surface area contributed by atoms with Crippen molar-refractivity contribution in [2.45, 2.75) is 19.4 Å². The second kappa shape index (κ2) is 5.19. The SMILES string of the molecule is CC(Cc1ccco1)Nc1ccc2ccccc2c1. The van der Waals surface area contributed by atoms with E-state index < -0.39 is 0 Å². The summed E-state index contributed by atoms with van der Waals surface area (Å²) in [7, 11) is 0. The van der Waals surface area contributed by atoms with Crippen LogP contribution in [0.3, 0.4) is 0 Å². The van der Waals surface area contributed by atoms with E-state index in [-0.39, 0.29) is 0 Å². The molecule has 1 N–H and O–H groups in total. The fraction of sp³-hybridized carbons (Fsp3) is 0.176. The molecule has 0 radical (unpaired) electrons. The van der Waals surface area contributed by atoms with Crippen LogP contribution in [0.5, 0.6) is 0 Å². The van der Waals surface area contributed by atoms with Crippen LogP contribution in [0.4, 0.5) is 5.69 Å². The smallest absolute Gasteiger partial charge is 0.105 e. The lowest BCUT2D eigenvalue weighted by Crippen LogP contribution is -2.17. The minimum atomic E-state index is 0.340. The summed E-state index contributed by atoms with van der Waals surface area (Å²) >= 11 is 0. The monoisotopic (exact) mass is 251 g/mol. The van der Waals surface area contributed by atoms with E-state index in [2.05, 4.69) is 54.7 Å². The van der Waals surface area contributed by atoms with E-state index in [9.17, 15) is 0 Å². The molecule has 2 nitrogen and oxygen atoms in total. The van der Waals surface area contributed by atoms with Gasteiger partial charge in [-0.1, -0.05) is 30.3 Å². The van der Waals surface area contributed by atoms with E-state index in [0.29, 0.717) is 6.04 Å². The largest absolute Gasteiger partial charge is 0.469 e. The molecule has 0 aliphatic rings. The summed E-state index contributed by atoms with van der Waals surface area (Å²) in [5.41, 5.74) is 1.15. The molecule has 19 heavy (non-hydrogen) atoms. The Hall–Kier alpha value is -2.22. The molecule has 1 aromatic heterocycles. The van der Waals surface area contributed by atoms with Gasteiger partial charge in [0.15, 0.2) is 0 Å². The van der Waals surface area contributed by atoms with E-state index in [1.54, 1.807) is 6.26 Å². The summed E-state index contributed by atoms with van der Waals surface area (Å²) in [6.07, 6.45) is 2.61. The molecule has 1 atom stereocenters. The van der Waals surface area contributed by atoms with Crippen molar-refractivity contribution in [3.05, 3.63) is 66.6 Å². The second-order valence-electron chi connectivity index (χ2n) is 4.89. The molecule has 0 amide bonds. The number of fused-ring (bicyclic) bond motifs is 1. The molecular formula is C17H17NO. The van der Waals surface area contributed by atoms with Gasteiger partial charge in [0.25, 0.3) is 0 Å². The average Bonchev–Trinajstić information content (AvgIpc) is 2.91. The van der Waals surface area contributed by atoms with Gasteiger partial charge in [-0.25, -0.2) is 0 Å². The van der Waals surface area contributed by atoms with E-state index in [0.717, 1.165) is 17.9 Å². The van der Waals surface area contributed by atoms with Crippen LogP contribution in [-0.2, 0) is 6.42 Å². The van der Waals surface area contributed by atoms with E-state index in [1.165, 1.54) is 10.8 Å². The van der Waals surface area contributed by atoms with Gasteiger partial charge in [-0.05, 0) is 42.0 Å². The summed E-state index contributed by atoms with van der Waals surface area (Å²) in [6.45, 7) is 2.16. The van der Waals surface area contributed by atoms with Gasteiger partial charge in [-0.15, -0.1) is 0 Å². The zero-order valence-electron chi connectivity index (χ0n) is 11.0. The van der Waals surface area contributed by atoms with Crippen LogP contribution in [0.15, 0.2) is 65.3 Å². The molecule has 3 rings (SSSR count). The quantitative estimate of drug-likeness (QED) is 0.739. The number of nitrogens with one attached hydrogen (secondary N) is 1. The van der Waals surface area contributed by atoms with Crippen molar-refractivity contribution in [2.75, 3.05) is 5.32 Å². The Morgan fingerprint density at radius 1 is 1.00 bits per heavy atom. The van der Waals surface area contributed by atoms with E-state index in [4.69, 9.17) is 4.42 Å². The van der Waals surface area contributed by atoms with Gasteiger partial charge in [-0.2, -0.15) is 0 Å². The second-order valence-corrected chi connectivity index (χ2v) is 4.89. The minimum Gasteiger partial charge on any atom is -0.469 e. The van der Waals surface area contributed by atoms with Crippen LogP contribution in [0.1, 0.15) is 12.7 Å². The minimum absolute atomic E-state index is 0.340. The zero-order valence-corrected chi connectivity index (χ0v) is 11.0. The van der Waals surface area contributed by atoms with Gasteiger partial charge in [0.2, 0.25) is 0 Å². The number of rotatable bonds is 4. The molecular weight excluding hydrogens is 234 g/mol. The first-order valence-corrected chi connectivity index (χ1v) is 6.59. The summed E-state index contributed by atoms with van der Waals surface area (Å²) in [5.74, 6) is 1.01. The number of hydrogen-bond acceptors (Lipinski definition) is 2. The van der Waals surface area contributed by atoms with Gasteiger partial charge in [0.05, 0.1) is 6.26 Å². The normalized spacial score (nSPS) is 12.5. The summed E-state index contributed by atoms with van der Waals surface area (Å²) < 4.78 is 5.37. The van der Waals surface area contributed by atoms with Crippen molar-refractivity contribution in [1.29, 1.82) is 0 Å². The molecule has 0 fully saturated rings. The first-order chi connectivity index (χ1) is 9.31. The van der Waals surface area contributed by atoms with Crippen LogP contribution in [0.2, 0.25) is 0 Å². The first kappa shape index (κ1) is 11.8. The molecule has 0 saturated carbocycles. The topological polar surface area (TPSA) is 25.2 Å². The Kier molecular flexibility index (Phi) is 3.23. The van der Waals surface area contributed by atoms with Gasteiger partial charge >= 0.3 is 0 Å². The highest BCUT2D eigenvalue weighted by Crippen LogP contribution is 2.20. The Morgan fingerprint density at radius 2 is 1.84 bits per heavy atom. The van der Waals surface area contributed by atoms with Crippen molar-refractivity contribution in [3.8, 4) is 0 Å². The highest BCUT2D eigenvalue weighted by atomic mass is 16.3. The standard InChI is InChI=1S/C17H17NO/c1-13(11-17-7-4-10-19-17)18-16-9-8-14-5-2-3-6-15(14)12-16/h2-10,12-13,18H,11H2,1H3. The third-order valence-corrected chi connectivity index (χ3v) is 3.25. The third kappa shape index (κ3) is 2.79. The molecule has 0 aliphatic heterocycles. The lowest BCUT2D eigenvalue weighted by atomic mass is 10.1. The third-order valence-electron chi connectivity index (χ3n) is 3.25. The number of furan rings is 1. The fourth-order valence-electron chi connectivity index (χ4n) is 2.35. The van der Waals surface area contributed by atoms with Crippen LogP contribution in [-0.4, -0.2) is 6.04 Å². The summed E-state index contributed by atoms with van der Waals surface area (Å²) in [5, 5.41) is 6.04. The molecule has 0 aliphatic carbocycles. The zero-order chi connectivity index (χ0) is 13.1. The van der Waals surface area contributed by atoms with Crippen molar-refractivity contribution in [1.82, 2.24) is 0 Å². The predicted octanol–water partition coefficient (Wildman–Crippen LogP) is 4.48. The highest BCUT2D eigenvalue weighted by Gasteiger charge is 2.05. The fourth-order valence-corrected chi connectivity index (χ4v) is 2.35. The Morgan fingerprint density at radius 3 is 2.63 bits per heavy atom. The van der Waals surface area contributed by atoms with Gasteiger partial charge in [0, 0.05) is 18.2 Å². The molecule has 1 heterocycles.